The molecule has 0 spiro atoms. The predicted molar refractivity (Wildman–Crippen MR) is 91.0 cm³/mol. The third kappa shape index (κ3) is 5.12. The molecule has 5 unspecified atom stereocenters. The van der Waals surface area contributed by atoms with Crippen molar-refractivity contribution in [3.63, 3.8) is 0 Å². The third-order valence-electron chi connectivity index (χ3n) is 5.87. The summed E-state index contributed by atoms with van der Waals surface area (Å²) >= 11 is 0. The molecule has 0 amide bonds. The maximum absolute atomic E-state index is 11.0. The third-order valence-corrected chi connectivity index (χ3v) is 5.87. The Morgan fingerprint density at radius 1 is 1.04 bits per heavy atom. The topological polar surface area (TPSA) is 125 Å². The number of carboxylic acid groups (broad SMARTS) is 1. The van der Waals surface area contributed by atoms with Crippen molar-refractivity contribution in [2.45, 2.75) is 50.5 Å². The summed E-state index contributed by atoms with van der Waals surface area (Å²) in [6.45, 7) is 5.50. The van der Waals surface area contributed by atoms with E-state index in [1.807, 2.05) is 4.90 Å². The monoisotopic (exact) mass is 360 g/mol. The molecular formula is C17H32N2O6. The number of aliphatic hydroxyl groups is 4. The Morgan fingerprint density at radius 3 is 2.20 bits per heavy atom. The molecule has 0 aromatic heterocycles. The van der Waals surface area contributed by atoms with Crippen molar-refractivity contribution in [2.24, 2.45) is 11.8 Å². The molecule has 2 fully saturated rings. The van der Waals surface area contributed by atoms with Crippen LogP contribution < -0.4 is 0 Å². The molecule has 25 heavy (non-hydrogen) atoms. The number of rotatable bonds is 7. The Morgan fingerprint density at radius 2 is 1.64 bits per heavy atom. The van der Waals surface area contributed by atoms with Crippen LogP contribution in [0.15, 0.2) is 0 Å². The van der Waals surface area contributed by atoms with Crippen LogP contribution in [-0.4, -0.2) is 105 Å². The molecule has 6 atom stereocenters. The van der Waals surface area contributed by atoms with E-state index in [1.165, 1.54) is 0 Å². The second-order valence-corrected chi connectivity index (χ2v) is 7.44. The Labute approximate surface area is 148 Å². The van der Waals surface area contributed by atoms with Gasteiger partial charge in [0.05, 0.1) is 12.2 Å². The van der Waals surface area contributed by atoms with Gasteiger partial charge in [0.1, 0.15) is 12.1 Å². The number of piperazine rings is 1. The van der Waals surface area contributed by atoms with E-state index in [2.05, 4.69) is 4.90 Å². The van der Waals surface area contributed by atoms with Crippen molar-refractivity contribution >= 4 is 5.97 Å². The first-order valence-corrected chi connectivity index (χ1v) is 9.19. The highest BCUT2D eigenvalue weighted by Gasteiger charge is 2.41. The summed E-state index contributed by atoms with van der Waals surface area (Å²) in [5.41, 5.74) is 0. The molecule has 0 radical (unpaired) electrons. The standard InChI is InChI=1S/C17H32N2O6/c1-11(17(24)25)19-7-5-18(6-8-19)4-2-3-12-9-13(10-20)15(22)16(23)14(12)21/h11-16,20-23H,2-10H2,1H3,(H,24,25)/t11?,12-,13?,14?,15?,16?/m1/s1. The van der Waals surface area contributed by atoms with E-state index in [1.54, 1.807) is 6.92 Å². The summed E-state index contributed by atoms with van der Waals surface area (Å²) in [7, 11) is 0. The number of nitrogens with zero attached hydrogens (tertiary/aromatic N) is 2. The van der Waals surface area contributed by atoms with Crippen LogP contribution in [0.5, 0.6) is 0 Å². The molecule has 1 aliphatic heterocycles. The van der Waals surface area contributed by atoms with Gasteiger partial charge in [-0.3, -0.25) is 9.69 Å². The van der Waals surface area contributed by atoms with Crippen molar-refractivity contribution in [1.29, 1.82) is 0 Å². The van der Waals surface area contributed by atoms with Gasteiger partial charge in [-0.1, -0.05) is 0 Å². The van der Waals surface area contributed by atoms with Crippen molar-refractivity contribution in [3.8, 4) is 0 Å². The van der Waals surface area contributed by atoms with Crippen LogP contribution >= 0.6 is 0 Å². The van der Waals surface area contributed by atoms with Crippen LogP contribution in [0.2, 0.25) is 0 Å². The normalized spacial score (nSPS) is 36.3. The largest absolute Gasteiger partial charge is 0.480 e. The molecule has 8 nitrogen and oxygen atoms in total. The summed E-state index contributed by atoms with van der Waals surface area (Å²) in [6.07, 6.45) is -1.12. The minimum atomic E-state index is -1.20. The second-order valence-electron chi connectivity index (χ2n) is 7.44. The van der Waals surface area contributed by atoms with Crippen molar-refractivity contribution in [1.82, 2.24) is 9.80 Å². The Kier molecular flexibility index (Phi) is 7.60. The Hall–Kier alpha value is -0.770. The fourth-order valence-corrected chi connectivity index (χ4v) is 4.01. The molecule has 0 bridgehead atoms. The van der Waals surface area contributed by atoms with Crippen molar-refractivity contribution in [3.05, 3.63) is 0 Å². The van der Waals surface area contributed by atoms with Crippen LogP contribution in [0.4, 0.5) is 0 Å². The molecule has 2 rings (SSSR count). The van der Waals surface area contributed by atoms with Gasteiger partial charge in [0.2, 0.25) is 0 Å². The minimum Gasteiger partial charge on any atom is -0.480 e. The summed E-state index contributed by atoms with van der Waals surface area (Å²) in [4.78, 5) is 15.3. The smallest absolute Gasteiger partial charge is 0.320 e. The molecule has 1 aliphatic carbocycles. The van der Waals surface area contributed by atoms with Crippen LogP contribution in [0.1, 0.15) is 26.2 Å². The van der Waals surface area contributed by atoms with Crippen LogP contribution in [-0.2, 0) is 4.79 Å². The van der Waals surface area contributed by atoms with E-state index in [-0.39, 0.29) is 18.4 Å². The molecule has 8 heteroatoms. The highest BCUT2D eigenvalue weighted by Crippen LogP contribution is 2.32. The van der Waals surface area contributed by atoms with Crippen molar-refractivity contribution < 1.29 is 30.3 Å². The van der Waals surface area contributed by atoms with Crippen LogP contribution in [0.3, 0.4) is 0 Å². The fraction of sp³-hybridized carbons (Fsp3) is 0.941. The van der Waals surface area contributed by atoms with Gasteiger partial charge in [-0.15, -0.1) is 0 Å². The molecule has 1 saturated carbocycles. The zero-order valence-corrected chi connectivity index (χ0v) is 14.9. The number of hydrogen-bond acceptors (Lipinski definition) is 7. The van der Waals surface area contributed by atoms with E-state index in [0.29, 0.717) is 6.42 Å². The van der Waals surface area contributed by atoms with Gasteiger partial charge in [0, 0.05) is 38.7 Å². The number of carbonyl (C=O) groups is 1. The zero-order chi connectivity index (χ0) is 18.6. The van der Waals surface area contributed by atoms with E-state index >= 15 is 0 Å². The van der Waals surface area contributed by atoms with E-state index < -0.39 is 30.3 Å². The molecule has 146 valence electrons. The van der Waals surface area contributed by atoms with Gasteiger partial charge >= 0.3 is 5.97 Å². The molecule has 5 N–H and O–H groups in total. The molecular weight excluding hydrogens is 328 g/mol. The zero-order valence-electron chi connectivity index (χ0n) is 14.9. The van der Waals surface area contributed by atoms with Gasteiger partial charge < -0.3 is 30.4 Å². The Balaban J connectivity index is 1.71. The maximum atomic E-state index is 11.0. The minimum absolute atomic E-state index is 0.121. The summed E-state index contributed by atoms with van der Waals surface area (Å²) in [6, 6.07) is -0.456. The molecule has 1 heterocycles. The molecule has 0 aromatic rings. The number of aliphatic hydroxyl groups excluding tert-OH is 4. The first-order chi connectivity index (χ1) is 11.8. The van der Waals surface area contributed by atoms with Crippen LogP contribution in [0.25, 0.3) is 0 Å². The van der Waals surface area contributed by atoms with Gasteiger partial charge in [0.15, 0.2) is 0 Å². The molecule has 2 aliphatic rings. The van der Waals surface area contributed by atoms with Gasteiger partial charge in [0.25, 0.3) is 0 Å². The summed E-state index contributed by atoms with van der Waals surface area (Å²) in [5.74, 6) is -1.30. The summed E-state index contributed by atoms with van der Waals surface area (Å²) in [5, 5.41) is 48.3. The Bertz CT molecular complexity index is 427. The lowest BCUT2D eigenvalue weighted by Gasteiger charge is -2.40. The highest BCUT2D eigenvalue weighted by molar-refractivity contribution is 5.72. The second kappa shape index (κ2) is 9.25. The van der Waals surface area contributed by atoms with Gasteiger partial charge in [-0.25, -0.2) is 0 Å². The average Bonchev–Trinajstić information content (AvgIpc) is 2.61. The quantitative estimate of drug-likeness (QED) is 0.374. The molecule has 1 saturated heterocycles. The SMILES string of the molecule is CC(C(=O)O)N1CCN(CCC[C@@H]2CC(CO)C(O)C(O)C2O)CC1. The lowest BCUT2D eigenvalue weighted by Crippen LogP contribution is -2.52. The first-order valence-electron chi connectivity index (χ1n) is 9.19. The van der Waals surface area contributed by atoms with Gasteiger partial charge in [-0.05, 0) is 38.6 Å². The van der Waals surface area contributed by atoms with E-state index in [9.17, 15) is 25.2 Å². The average molecular weight is 360 g/mol. The highest BCUT2D eigenvalue weighted by atomic mass is 16.4. The predicted octanol–water partition coefficient (Wildman–Crippen LogP) is -1.43. The number of aliphatic carboxylic acids is 1. The van der Waals surface area contributed by atoms with Gasteiger partial charge in [-0.2, -0.15) is 0 Å². The van der Waals surface area contributed by atoms with Crippen LogP contribution in [0, 0.1) is 11.8 Å². The first kappa shape index (κ1) is 20.5. The number of carboxylic acids is 1. The summed E-state index contributed by atoms with van der Waals surface area (Å²) < 4.78 is 0. The lowest BCUT2D eigenvalue weighted by atomic mass is 9.74. The number of hydrogen-bond donors (Lipinski definition) is 5. The maximum Gasteiger partial charge on any atom is 0.320 e. The van der Waals surface area contributed by atoms with Crippen molar-refractivity contribution in [2.75, 3.05) is 39.3 Å². The fourth-order valence-electron chi connectivity index (χ4n) is 4.01. The lowest BCUT2D eigenvalue weighted by molar-refractivity contribution is -0.143. The van der Waals surface area contributed by atoms with E-state index in [0.717, 1.165) is 45.6 Å². The molecule has 0 aromatic carbocycles. The van der Waals surface area contributed by atoms with E-state index in [4.69, 9.17) is 5.11 Å².